The molecular weight excluding hydrogens is 358 g/mol. The summed E-state index contributed by atoms with van der Waals surface area (Å²) in [7, 11) is 0. The fourth-order valence-electron chi connectivity index (χ4n) is 3.09. The van der Waals surface area contributed by atoms with Crippen molar-refractivity contribution in [2.45, 2.75) is 6.42 Å². The average molecular weight is 379 g/mol. The number of piperazine rings is 1. The molecule has 0 saturated carbocycles. The second-order valence-electron chi connectivity index (χ2n) is 6.34. The summed E-state index contributed by atoms with van der Waals surface area (Å²) >= 11 is 1.42. The predicted octanol–water partition coefficient (Wildman–Crippen LogP) is 2.79. The molecule has 4 rings (SSSR count). The molecule has 0 radical (unpaired) electrons. The number of aromatic nitrogens is 2. The van der Waals surface area contributed by atoms with Crippen molar-refractivity contribution in [1.82, 2.24) is 15.3 Å². The van der Waals surface area contributed by atoms with Gasteiger partial charge in [0.2, 0.25) is 0 Å². The van der Waals surface area contributed by atoms with Crippen molar-refractivity contribution in [3.8, 4) is 0 Å². The van der Waals surface area contributed by atoms with E-state index in [2.05, 4.69) is 37.6 Å². The molecular formula is C20H21N5OS. The number of benzene rings is 1. The Labute approximate surface area is 162 Å². The van der Waals surface area contributed by atoms with Crippen LogP contribution in [0, 0.1) is 0 Å². The SMILES string of the molecule is O=C(Nc1ncccc1N1CCNCC1)c1cnc(Cc2ccccc2)s1. The van der Waals surface area contributed by atoms with E-state index in [0.29, 0.717) is 10.7 Å². The quantitative estimate of drug-likeness (QED) is 0.713. The molecule has 2 N–H and O–H groups in total. The Kier molecular flexibility index (Phi) is 5.41. The van der Waals surface area contributed by atoms with Crippen LogP contribution in [0.25, 0.3) is 0 Å². The van der Waals surface area contributed by atoms with Crippen LogP contribution in [0.4, 0.5) is 11.5 Å². The fourth-order valence-corrected chi connectivity index (χ4v) is 3.94. The van der Waals surface area contributed by atoms with E-state index in [0.717, 1.165) is 43.3 Å². The highest BCUT2D eigenvalue weighted by Gasteiger charge is 2.18. The summed E-state index contributed by atoms with van der Waals surface area (Å²) in [6.45, 7) is 3.66. The summed E-state index contributed by atoms with van der Waals surface area (Å²) in [5.41, 5.74) is 2.14. The number of pyridine rings is 1. The molecule has 1 saturated heterocycles. The van der Waals surface area contributed by atoms with Gasteiger partial charge in [0, 0.05) is 38.8 Å². The van der Waals surface area contributed by atoms with Crippen LogP contribution in [0.5, 0.6) is 0 Å². The van der Waals surface area contributed by atoms with Crippen molar-refractivity contribution in [2.75, 3.05) is 36.4 Å². The lowest BCUT2D eigenvalue weighted by atomic mass is 10.2. The highest BCUT2D eigenvalue weighted by atomic mass is 32.1. The van der Waals surface area contributed by atoms with Crippen LogP contribution in [0.1, 0.15) is 20.2 Å². The number of anilines is 2. The zero-order valence-corrected chi connectivity index (χ0v) is 15.7. The van der Waals surface area contributed by atoms with Gasteiger partial charge in [-0.05, 0) is 17.7 Å². The van der Waals surface area contributed by atoms with Crippen molar-refractivity contribution in [3.05, 3.63) is 70.3 Å². The molecule has 1 amide bonds. The third-order valence-corrected chi connectivity index (χ3v) is 5.45. The Hall–Kier alpha value is -2.77. The first-order chi connectivity index (χ1) is 13.3. The number of amides is 1. The lowest BCUT2D eigenvalue weighted by Crippen LogP contribution is -2.43. The third kappa shape index (κ3) is 4.32. The van der Waals surface area contributed by atoms with Gasteiger partial charge >= 0.3 is 0 Å². The van der Waals surface area contributed by atoms with Crippen LogP contribution in [0.3, 0.4) is 0 Å². The minimum atomic E-state index is -0.165. The number of nitrogens with zero attached hydrogens (tertiary/aromatic N) is 3. The zero-order chi connectivity index (χ0) is 18.5. The van der Waals surface area contributed by atoms with E-state index in [1.807, 2.05) is 30.3 Å². The number of rotatable bonds is 5. The molecule has 1 fully saturated rings. The molecule has 1 aliphatic rings. The molecule has 138 valence electrons. The minimum Gasteiger partial charge on any atom is -0.366 e. The molecule has 27 heavy (non-hydrogen) atoms. The molecule has 3 heterocycles. The molecule has 0 atom stereocenters. The van der Waals surface area contributed by atoms with E-state index in [4.69, 9.17) is 0 Å². The molecule has 3 aromatic rings. The Morgan fingerprint density at radius 2 is 1.93 bits per heavy atom. The molecule has 0 spiro atoms. The number of carbonyl (C=O) groups excluding carboxylic acids is 1. The lowest BCUT2D eigenvalue weighted by molar-refractivity contribution is 0.103. The summed E-state index contributed by atoms with van der Waals surface area (Å²) < 4.78 is 0. The Morgan fingerprint density at radius 3 is 2.74 bits per heavy atom. The maximum atomic E-state index is 12.7. The number of carbonyl (C=O) groups is 1. The summed E-state index contributed by atoms with van der Waals surface area (Å²) in [5.74, 6) is 0.435. The van der Waals surface area contributed by atoms with E-state index in [1.165, 1.54) is 16.9 Å². The van der Waals surface area contributed by atoms with E-state index in [-0.39, 0.29) is 5.91 Å². The van der Waals surface area contributed by atoms with Crippen molar-refractivity contribution >= 4 is 28.7 Å². The van der Waals surface area contributed by atoms with Gasteiger partial charge < -0.3 is 15.5 Å². The first-order valence-corrected chi connectivity index (χ1v) is 9.82. The summed E-state index contributed by atoms with van der Waals surface area (Å²) in [6.07, 6.45) is 4.08. The highest BCUT2D eigenvalue weighted by Crippen LogP contribution is 2.25. The first-order valence-electron chi connectivity index (χ1n) is 9.00. The van der Waals surface area contributed by atoms with Crippen LogP contribution in [-0.4, -0.2) is 42.1 Å². The van der Waals surface area contributed by atoms with Gasteiger partial charge in [-0.3, -0.25) is 4.79 Å². The third-order valence-electron chi connectivity index (χ3n) is 4.45. The van der Waals surface area contributed by atoms with Crippen LogP contribution >= 0.6 is 11.3 Å². The van der Waals surface area contributed by atoms with Gasteiger partial charge in [0.15, 0.2) is 5.82 Å². The van der Waals surface area contributed by atoms with Crippen LogP contribution in [0.2, 0.25) is 0 Å². The Morgan fingerprint density at radius 1 is 1.11 bits per heavy atom. The molecule has 1 aliphatic heterocycles. The topological polar surface area (TPSA) is 70.2 Å². The molecule has 0 aliphatic carbocycles. The minimum absolute atomic E-state index is 0.165. The maximum Gasteiger partial charge on any atom is 0.268 e. The van der Waals surface area contributed by atoms with E-state index < -0.39 is 0 Å². The van der Waals surface area contributed by atoms with Gasteiger partial charge in [-0.2, -0.15) is 0 Å². The van der Waals surface area contributed by atoms with Crippen LogP contribution in [-0.2, 0) is 6.42 Å². The zero-order valence-electron chi connectivity index (χ0n) is 14.9. The fraction of sp³-hybridized carbons (Fsp3) is 0.250. The van der Waals surface area contributed by atoms with Crippen molar-refractivity contribution in [2.24, 2.45) is 0 Å². The second kappa shape index (κ2) is 8.28. The van der Waals surface area contributed by atoms with Crippen LogP contribution in [0.15, 0.2) is 54.9 Å². The smallest absolute Gasteiger partial charge is 0.268 e. The van der Waals surface area contributed by atoms with Crippen molar-refractivity contribution in [3.63, 3.8) is 0 Å². The molecule has 0 bridgehead atoms. The Bertz CT molecular complexity index is 906. The molecule has 6 nitrogen and oxygen atoms in total. The normalized spacial score (nSPS) is 14.1. The van der Waals surface area contributed by atoms with E-state index in [1.54, 1.807) is 12.4 Å². The summed E-state index contributed by atoms with van der Waals surface area (Å²) in [5, 5.41) is 7.22. The monoisotopic (exact) mass is 379 g/mol. The standard InChI is InChI=1S/C20H21N5OS/c26-20(17-14-23-18(27-17)13-15-5-2-1-3-6-15)24-19-16(7-4-8-22-19)25-11-9-21-10-12-25/h1-8,14,21H,9-13H2,(H,22,24,26). The largest absolute Gasteiger partial charge is 0.366 e. The molecule has 1 aromatic carbocycles. The summed E-state index contributed by atoms with van der Waals surface area (Å²) in [6, 6.07) is 14.0. The second-order valence-corrected chi connectivity index (χ2v) is 7.46. The average Bonchev–Trinajstić information content (AvgIpc) is 3.18. The van der Waals surface area contributed by atoms with Gasteiger partial charge in [0.05, 0.1) is 16.9 Å². The predicted molar refractivity (Wildman–Crippen MR) is 109 cm³/mol. The van der Waals surface area contributed by atoms with Gasteiger partial charge in [0.1, 0.15) is 4.88 Å². The summed E-state index contributed by atoms with van der Waals surface area (Å²) in [4.78, 5) is 24.3. The lowest BCUT2D eigenvalue weighted by Gasteiger charge is -2.30. The van der Waals surface area contributed by atoms with E-state index >= 15 is 0 Å². The Balaban J connectivity index is 1.47. The number of hydrogen-bond donors (Lipinski definition) is 2. The first kappa shape index (κ1) is 17.6. The maximum absolute atomic E-state index is 12.7. The van der Waals surface area contributed by atoms with Gasteiger partial charge in [0.25, 0.3) is 5.91 Å². The van der Waals surface area contributed by atoms with Gasteiger partial charge in [-0.15, -0.1) is 11.3 Å². The number of nitrogens with one attached hydrogen (secondary N) is 2. The van der Waals surface area contributed by atoms with Gasteiger partial charge in [-0.1, -0.05) is 30.3 Å². The van der Waals surface area contributed by atoms with Crippen LogP contribution < -0.4 is 15.5 Å². The molecule has 7 heteroatoms. The molecule has 0 unspecified atom stereocenters. The number of thiazole rings is 1. The van der Waals surface area contributed by atoms with Gasteiger partial charge in [-0.25, -0.2) is 9.97 Å². The van der Waals surface area contributed by atoms with E-state index in [9.17, 15) is 4.79 Å². The van der Waals surface area contributed by atoms with Crippen molar-refractivity contribution in [1.29, 1.82) is 0 Å². The highest BCUT2D eigenvalue weighted by molar-refractivity contribution is 7.13. The van der Waals surface area contributed by atoms with Crippen molar-refractivity contribution < 1.29 is 4.79 Å². The molecule has 2 aromatic heterocycles. The number of hydrogen-bond acceptors (Lipinski definition) is 6.